The van der Waals surface area contributed by atoms with E-state index in [1.165, 1.54) is 34.0 Å². The molecule has 0 radical (unpaired) electrons. The number of rotatable bonds is 3. The summed E-state index contributed by atoms with van der Waals surface area (Å²) < 4.78 is 5.78. The minimum absolute atomic E-state index is 0.144. The average Bonchev–Trinajstić information content (AvgIpc) is 2.73. The Bertz CT molecular complexity index is 262. The van der Waals surface area contributed by atoms with E-state index in [0.29, 0.717) is 0 Å². The van der Waals surface area contributed by atoms with E-state index in [1.807, 2.05) is 0 Å². The monoisotopic (exact) mass is 308 g/mol. The zero-order valence-corrected chi connectivity index (χ0v) is 10.6. The molecular weight excluding hydrogens is 295 g/mol. The van der Waals surface area contributed by atoms with Crippen LogP contribution in [0.25, 0.3) is 0 Å². The van der Waals surface area contributed by atoms with Gasteiger partial charge in [0, 0.05) is 21.2 Å². The number of allylic oxidation sites excluding steroid dienone is 3. The molecule has 0 saturated heterocycles. The molecule has 2 aliphatic rings. The summed E-state index contributed by atoms with van der Waals surface area (Å²) in [7, 11) is 1.48. The Morgan fingerprint density at radius 3 is 3.15 bits per heavy atom. The van der Waals surface area contributed by atoms with Gasteiger partial charge in [0.05, 0.1) is 9.21 Å². The highest BCUT2D eigenvalue weighted by Gasteiger charge is 2.61. The van der Waals surface area contributed by atoms with Gasteiger partial charge in [-0.15, -0.1) is 0 Å². The van der Waals surface area contributed by atoms with Crippen molar-refractivity contribution in [3.63, 3.8) is 0 Å². The van der Waals surface area contributed by atoms with E-state index in [1.54, 1.807) is 0 Å². The third-order valence-corrected chi connectivity index (χ3v) is 3.92. The molecule has 72 valence electrons. The van der Waals surface area contributed by atoms with E-state index in [2.05, 4.69) is 46.4 Å². The molecule has 0 bridgehead atoms. The maximum absolute atomic E-state index is 5.78. The Morgan fingerprint density at radius 1 is 1.69 bits per heavy atom. The second-order valence-corrected chi connectivity index (χ2v) is 5.06. The van der Waals surface area contributed by atoms with Crippen LogP contribution in [0.4, 0.5) is 0 Å². The summed E-state index contributed by atoms with van der Waals surface area (Å²) in [6, 6.07) is 0. The molecule has 0 aromatic rings. The van der Waals surface area contributed by atoms with Crippen LogP contribution in [-0.2, 0) is 4.18 Å². The van der Waals surface area contributed by atoms with E-state index in [-0.39, 0.29) is 5.60 Å². The van der Waals surface area contributed by atoms with Gasteiger partial charge >= 0.3 is 0 Å². The van der Waals surface area contributed by atoms with Gasteiger partial charge in [-0.3, -0.25) is 4.18 Å². The number of hydrogen-bond acceptors (Lipinski definition) is 2. The maximum Gasteiger partial charge on any atom is 0.108 e. The standard InChI is InChI=1S/C10H13IOS/c1-2-3-4-8-5-6-9-7-10(8,9)12-13-11/h2-4,9H,5-7H2,1H3/b3-2+,8-4+. The Kier molecular flexibility index (Phi) is 3.05. The molecule has 0 aromatic carbocycles. The van der Waals surface area contributed by atoms with Crippen molar-refractivity contribution in [3.05, 3.63) is 23.8 Å². The second-order valence-electron chi connectivity index (χ2n) is 3.69. The highest BCUT2D eigenvalue weighted by molar-refractivity contribution is 14.2. The zero-order valence-electron chi connectivity index (χ0n) is 7.63. The van der Waals surface area contributed by atoms with Crippen LogP contribution in [-0.4, -0.2) is 5.60 Å². The first kappa shape index (κ1) is 10.1. The van der Waals surface area contributed by atoms with Gasteiger partial charge in [-0.05, 0) is 37.7 Å². The predicted octanol–water partition coefficient (Wildman–Crippen LogP) is 4.06. The van der Waals surface area contributed by atoms with Gasteiger partial charge in [0.2, 0.25) is 0 Å². The van der Waals surface area contributed by atoms with E-state index < -0.39 is 0 Å². The lowest BCUT2D eigenvalue weighted by Gasteiger charge is -2.12. The summed E-state index contributed by atoms with van der Waals surface area (Å²) in [5, 5.41) is 0. The second kappa shape index (κ2) is 3.95. The van der Waals surface area contributed by atoms with E-state index >= 15 is 0 Å². The van der Waals surface area contributed by atoms with Crippen LogP contribution in [0.3, 0.4) is 0 Å². The predicted molar refractivity (Wildman–Crippen MR) is 65.7 cm³/mol. The van der Waals surface area contributed by atoms with Crippen LogP contribution in [0.1, 0.15) is 26.2 Å². The lowest BCUT2D eigenvalue weighted by molar-refractivity contribution is 0.259. The van der Waals surface area contributed by atoms with Crippen molar-refractivity contribution in [2.45, 2.75) is 31.8 Å². The van der Waals surface area contributed by atoms with Crippen molar-refractivity contribution in [1.29, 1.82) is 0 Å². The molecule has 3 heteroatoms. The molecule has 2 rings (SSSR count). The third-order valence-electron chi connectivity index (χ3n) is 3.02. The Balaban J connectivity index is 2.11. The van der Waals surface area contributed by atoms with E-state index in [0.717, 1.165) is 5.92 Å². The minimum Gasteiger partial charge on any atom is -0.294 e. The van der Waals surface area contributed by atoms with Gasteiger partial charge in [-0.25, -0.2) is 0 Å². The largest absolute Gasteiger partial charge is 0.294 e. The van der Waals surface area contributed by atoms with Gasteiger partial charge in [0.15, 0.2) is 0 Å². The lowest BCUT2D eigenvalue weighted by atomic mass is 10.1. The molecule has 0 aromatic heterocycles. The summed E-state index contributed by atoms with van der Waals surface area (Å²) in [6.45, 7) is 2.05. The van der Waals surface area contributed by atoms with Crippen molar-refractivity contribution in [2.75, 3.05) is 0 Å². The first-order valence-corrected chi connectivity index (χ1v) is 7.90. The van der Waals surface area contributed by atoms with Gasteiger partial charge in [-0.1, -0.05) is 18.2 Å². The molecule has 0 amide bonds. The number of fused-ring (bicyclic) bond motifs is 1. The topological polar surface area (TPSA) is 9.23 Å². The molecule has 2 saturated carbocycles. The molecule has 2 atom stereocenters. The van der Waals surface area contributed by atoms with Crippen molar-refractivity contribution in [3.8, 4) is 0 Å². The first-order chi connectivity index (χ1) is 6.33. The minimum atomic E-state index is 0.144. The molecule has 0 N–H and O–H groups in total. The van der Waals surface area contributed by atoms with Crippen LogP contribution >= 0.6 is 30.4 Å². The van der Waals surface area contributed by atoms with Crippen LogP contribution < -0.4 is 0 Å². The van der Waals surface area contributed by atoms with Crippen molar-refractivity contribution < 1.29 is 4.18 Å². The zero-order chi connectivity index (χ0) is 9.31. The molecule has 2 unspecified atom stereocenters. The number of halogens is 1. The lowest BCUT2D eigenvalue weighted by Crippen LogP contribution is -2.10. The van der Waals surface area contributed by atoms with Gasteiger partial charge in [0.25, 0.3) is 0 Å². The van der Waals surface area contributed by atoms with Gasteiger partial charge in [-0.2, -0.15) is 0 Å². The summed E-state index contributed by atoms with van der Waals surface area (Å²) >= 11 is 2.21. The number of hydrogen-bond donors (Lipinski definition) is 0. The maximum atomic E-state index is 5.78. The Labute approximate surface area is 95.8 Å². The van der Waals surface area contributed by atoms with E-state index in [4.69, 9.17) is 4.18 Å². The van der Waals surface area contributed by atoms with Crippen molar-refractivity contribution in [2.24, 2.45) is 5.92 Å². The summed E-state index contributed by atoms with van der Waals surface area (Å²) in [5.74, 6) is 0.811. The molecular formula is C10H13IOS. The summed E-state index contributed by atoms with van der Waals surface area (Å²) in [4.78, 5) is 0. The Morgan fingerprint density at radius 2 is 2.54 bits per heavy atom. The SMILES string of the molecule is C/C=C/C=C1\CCC2CC12OSI. The fourth-order valence-electron chi connectivity index (χ4n) is 2.23. The van der Waals surface area contributed by atoms with Gasteiger partial charge in [0.1, 0.15) is 5.60 Å². The Hall–Kier alpha value is 0.520. The van der Waals surface area contributed by atoms with Crippen LogP contribution in [0.2, 0.25) is 0 Å². The van der Waals surface area contributed by atoms with Crippen molar-refractivity contribution in [1.82, 2.24) is 0 Å². The molecule has 0 heterocycles. The molecule has 2 aliphatic carbocycles. The molecule has 1 nitrogen and oxygen atoms in total. The summed E-state index contributed by atoms with van der Waals surface area (Å²) in [6.07, 6.45) is 10.2. The fourth-order valence-corrected chi connectivity index (χ4v) is 3.61. The van der Waals surface area contributed by atoms with Crippen molar-refractivity contribution >= 4 is 30.4 Å². The van der Waals surface area contributed by atoms with Crippen LogP contribution in [0.5, 0.6) is 0 Å². The summed E-state index contributed by atoms with van der Waals surface area (Å²) in [5.41, 5.74) is 1.64. The smallest absolute Gasteiger partial charge is 0.108 e. The van der Waals surface area contributed by atoms with Crippen LogP contribution in [0, 0.1) is 5.92 Å². The molecule has 13 heavy (non-hydrogen) atoms. The fraction of sp³-hybridized carbons (Fsp3) is 0.600. The van der Waals surface area contributed by atoms with E-state index in [9.17, 15) is 0 Å². The highest BCUT2D eigenvalue weighted by Crippen LogP contribution is 2.63. The highest BCUT2D eigenvalue weighted by atomic mass is 127. The van der Waals surface area contributed by atoms with Crippen LogP contribution in [0.15, 0.2) is 23.8 Å². The third kappa shape index (κ3) is 1.70. The molecule has 0 spiro atoms. The normalized spacial score (nSPS) is 40.2. The first-order valence-electron chi connectivity index (χ1n) is 4.62. The molecule has 0 aliphatic heterocycles. The molecule has 2 fully saturated rings. The quantitative estimate of drug-likeness (QED) is 0.574. The average molecular weight is 308 g/mol. The van der Waals surface area contributed by atoms with Gasteiger partial charge < -0.3 is 0 Å².